The molecule has 0 saturated carbocycles. The van der Waals surface area contributed by atoms with Crippen LogP contribution in [0.5, 0.6) is 5.75 Å². The lowest BCUT2D eigenvalue weighted by molar-refractivity contribution is 0.184. The van der Waals surface area contributed by atoms with Crippen LogP contribution in [-0.2, 0) is 0 Å². The first-order valence-electron chi connectivity index (χ1n) is 5.96. The van der Waals surface area contributed by atoms with Crippen molar-refractivity contribution in [2.75, 3.05) is 0 Å². The third-order valence-corrected chi connectivity index (χ3v) is 2.71. The number of hydrogen-bond donors (Lipinski definition) is 1. The van der Waals surface area contributed by atoms with Crippen LogP contribution in [0.2, 0.25) is 0 Å². The molecule has 17 heavy (non-hydrogen) atoms. The summed E-state index contributed by atoms with van der Waals surface area (Å²) in [4.78, 5) is 0. The predicted molar refractivity (Wildman–Crippen MR) is 70.3 cm³/mol. The van der Waals surface area contributed by atoms with E-state index in [-0.39, 0.29) is 6.10 Å². The van der Waals surface area contributed by atoms with Gasteiger partial charge in [-0.3, -0.25) is 0 Å². The van der Waals surface area contributed by atoms with Crippen LogP contribution in [0, 0.1) is 0 Å². The van der Waals surface area contributed by atoms with Gasteiger partial charge in [0.2, 0.25) is 0 Å². The molecule has 2 nitrogen and oxygen atoms in total. The lowest BCUT2D eigenvalue weighted by atomic mass is 10.0. The van der Waals surface area contributed by atoms with E-state index in [2.05, 4.69) is 0 Å². The summed E-state index contributed by atoms with van der Waals surface area (Å²) in [6.07, 6.45) is -0.424. The van der Waals surface area contributed by atoms with E-state index < -0.39 is 6.10 Å². The average Bonchev–Trinajstić information content (AvgIpc) is 2.28. The molecule has 1 N–H and O–H groups in total. The standard InChI is InChI=1S/C15H18O2/c1-10(2)17-15-13(11(3)16)9-8-12-6-4-5-7-14(12)15/h4-11,16H,1-3H3/t11-/m1/s1. The van der Waals surface area contributed by atoms with Crippen LogP contribution in [0.25, 0.3) is 10.8 Å². The molecule has 0 unspecified atom stereocenters. The number of ether oxygens (including phenoxy) is 1. The first-order valence-corrected chi connectivity index (χ1v) is 5.96. The van der Waals surface area contributed by atoms with Crippen LogP contribution in [0.3, 0.4) is 0 Å². The number of benzene rings is 2. The smallest absolute Gasteiger partial charge is 0.133 e. The van der Waals surface area contributed by atoms with Gasteiger partial charge in [0, 0.05) is 10.9 Å². The number of aliphatic hydroxyl groups is 1. The highest BCUT2D eigenvalue weighted by molar-refractivity contribution is 5.89. The van der Waals surface area contributed by atoms with Crippen molar-refractivity contribution in [3.8, 4) is 5.75 Å². The Labute approximate surface area is 102 Å². The number of fused-ring (bicyclic) bond motifs is 1. The molecular weight excluding hydrogens is 212 g/mol. The van der Waals surface area contributed by atoms with Crippen LogP contribution in [0.15, 0.2) is 36.4 Å². The maximum Gasteiger partial charge on any atom is 0.133 e. The van der Waals surface area contributed by atoms with Crippen molar-refractivity contribution in [3.05, 3.63) is 42.0 Å². The fourth-order valence-electron chi connectivity index (χ4n) is 1.96. The van der Waals surface area contributed by atoms with E-state index in [4.69, 9.17) is 4.74 Å². The highest BCUT2D eigenvalue weighted by Crippen LogP contribution is 2.34. The minimum Gasteiger partial charge on any atom is -0.490 e. The summed E-state index contributed by atoms with van der Waals surface area (Å²) in [6.45, 7) is 5.75. The molecule has 0 saturated heterocycles. The van der Waals surface area contributed by atoms with E-state index in [1.165, 1.54) is 0 Å². The van der Waals surface area contributed by atoms with Gasteiger partial charge in [-0.05, 0) is 26.2 Å². The summed E-state index contributed by atoms with van der Waals surface area (Å²) in [6, 6.07) is 12.0. The van der Waals surface area contributed by atoms with Gasteiger partial charge in [0.15, 0.2) is 0 Å². The summed E-state index contributed by atoms with van der Waals surface area (Å²) in [5.41, 5.74) is 0.845. The number of rotatable bonds is 3. The molecule has 2 aromatic rings. The fourth-order valence-corrected chi connectivity index (χ4v) is 1.96. The molecule has 2 aromatic carbocycles. The molecule has 0 aromatic heterocycles. The summed E-state index contributed by atoms with van der Waals surface area (Å²) in [7, 11) is 0. The van der Waals surface area contributed by atoms with Gasteiger partial charge in [-0.1, -0.05) is 36.4 Å². The Kier molecular flexibility index (Phi) is 3.34. The van der Waals surface area contributed by atoms with E-state index in [0.717, 1.165) is 22.1 Å². The lowest BCUT2D eigenvalue weighted by Crippen LogP contribution is -2.09. The minimum atomic E-state index is -0.520. The number of hydrogen-bond acceptors (Lipinski definition) is 2. The summed E-state index contributed by atoms with van der Waals surface area (Å²) >= 11 is 0. The van der Waals surface area contributed by atoms with Crippen molar-refractivity contribution in [1.29, 1.82) is 0 Å². The van der Waals surface area contributed by atoms with Gasteiger partial charge >= 0.3 is 0 Å². The van der Waals surface area contributed by atoms with Crippen LogP contribution in [-0.4, -0.2) is 11.2 Å². The van der Waals surface area contributed by atoms with Gasteiger partial charge in [0.1, 0.15) is 5.75 Å². The normalized spacial score (nSPS) is 13.0. The van der Waals surface area contributed by atoms with Crippen molar-refractivity contribution in [3.63, 3.8) is 0 Å². The molecule has 0 spiro atoms. The van der Waals surface area contributed by atoms with Crippen molar-refractivity contribution in [2.24, 2.45) is 0 Å². The van der Waals surface area contributed by atoms with Crippen molar-refractivity contribution in [2.45, 2.75) is 33.0 Å². The van der Waals surface area contributed by atoms with Crippen LogP contribution >= 0.6 is 0 Å². The lowest BCUT2D eigenvalue weighted by Gasteiger charge is -2.18. The molecule has 0 fully saturated rings. The predicted octanol–water partition coefficient (Wildman–Crippen LogP) is 3.68. The van der Waals surface area contributed by atoms with Crippen LogP contribution in [0.1, 0.15) is 32.4 Å². The van der Waals surface area contributed by atoms with E-state index in [9.17, 15) is 5.11 Å². The van der Waals surface area contributed by atoms with Crippen LogP contribution < -0.4 is 4.74 Å². The topological polar surface area (TPSA) is 29.5 Å². The van der Waals surface area contributed by atoms with E-state index in [1.807, 2.05) is 50.2 Å². The Hall–Kier alpha value is -1.54. The molecule has 2 rings (SSSR count). The fraction of sp³-hybridized carbons (Fsp3) is 0.333. The summed E-state index contributed by atoms with van der Waals surface area (Å²) in [5.74, 6) is 0.799. The zero-order valence-corrected chi connectivity index (χ0v) is 10.5. The second kappa shape index (κ2) is 4.76. The molecular formula is C15H18O2. The molecule has 2 heteroatoms. The monoisotopic (exact) mass is 230 g/mol. The SMILES string of the molecule is CC(C)Oc1c([C@@H](C)O)ccc2ccccc12. The zero-order chi connectivity index (χ0) is 12.4. The minimum absolute atomic E-state index is 0.0957. The van der Waals surface area contributed by atoms with Gasteiger partial charge in [-0.2, -0.15) is 0 Å². The van der Waals surface area contributed by atoms with E-state index >= 15 is 0 Å². The second-order valence-electron chi connectivity index (χ2n) is 4.55. The zero-order valence-electron chi connectivity index (χ0n) is 10.5. The van der Waals surface area contributed by atoms with Crippen LogP contribution in [0.4, 0.5) is 0 Å². The highest BCUT2D eigenvalue weighted by atomic mass is 16.5. The molecule has 90 valence electrons. The quantitative estimate of drug-likeness (QED) is 0.871. The molecule has 0 aliphatic carbocycles. The third-order valence-electron chi connectivity index (χ3n) is 2.71. The molecule has 0 bridgehead atoms. The Bertz CT molecular complexity index is 515. The average molecular weight is 230 g/mol. The first kappa shape index (κ1) is 11.9. The van der Waals surface area contributed by atoms with Crippen molar-refractivity contribution >= 4 is 10.8 Å². The molecule has 0 aliphatic rings. The Morgan fingerprint density at radius 3 is 2.35 bits per heavy atom. The molecule has 0 heterocycles. The van der Waals surface area contributed by atoms with Crippen molar-refractivity contribution in [1.82, 2.24) is 0 Å². The maximum atomic E-state index is 9.80. The van der Waals surface area contributed by atoms with E-state index in [1.54, 1.807) is 6.92 Å². The van der Waals surface area contributed by atoms with Gasteiger partial charge < -0.3 is 9.84 Å². The summed E-state index contributed by atoms with van der Waals surface area (Å²) < 4.78 is 5.86. The van der Waals surface area contributed by atoms with Gasteiger partial charge in [0.25, 0.3) is 0 Å². The Morgan fingerprint density at radius 2 is 1.71 bits per heavy atom. The molecule has 0 aliphatic heterocycles. The first-order chi connectivity index (χ1) is 8.09. The maximum absolute atomic E-state index is 9.80. The van der Waals surface area contributed by atoms with Gasteiger partial charge in [-0.15, -0.1) is 0 Å². The largest absolute Gasteiger partial charge is 0.490 e. The summed E-state index contributed by atoms with van der Waals surface area (Å²) in [5, 5.41) is 12.0. The Morgan fingerprint density at radius 1 is 1.00 bits per heavy atom. The molecule has 0 amide bonds. The van der Waals surface area contributed by atoms with Crippen molar-refractivity contribution < 1.29 is 9.84 Å². The molecule has 0 radical (unpaired) electrons. The molecule has 1 atom stereocenters. The third kappa shape index (κ3) is 2.42. The Balaban J connectivity index is 2.66. The van der Waals surface area contributed by atoms with E-state index in [0.29, 0.717) is 0 Å². The highest BCUT2D eigenvalue weighted by Gasteiger charge is 2.13. The number of aliphatic hydroxyl groups excluding tert-OH is 1. The van der Waals surface area contributed by atoms with Gasteiger partial charge in [0.05, 0.1) is 12.2 Å². The second-order valence-corrected chi connectivity index (χ2v) is 4.55. The van der Waals surface area contributed by atoms with Gasteiger partial charge in [-0.25, -0.2) is 0 Å².